The van der Waals surface area contributed by atoms with Crippen molar-refractivity contribution in [3.63, 3.8) is 0 Å². The molecule has 0 aromatic rings. The molecule has 2 aliphatic rings. The smallest absolute Gasteiger partial charge is 0.157 e. The van der Waals surface area contributed by atoms with Crippen molar-refractivity contribution in [1.82, 2.24) is 10.2 Å². The number of likely N-dealkylation sites (tertiary alicyclic amines) is 1. The highest BCUT2D eigenvalue weighted by Gasteiger charge is 2.28. The molecule has 86 valence electrons. The zero-order valence-electron chi connectivity index (χ0n) is 9.92. The van der Waals surface area contributed by atoms with Crippen LogP contribution >= 0.6 is 11.8 Å². The highest BCUT2D eigenvalue weighted by Crippen LogP contribution is 2.24. The van der Waals surface area contributed by atoms with E-state index >= 15 is 0 Å². The first-order valence-corrected chi connectivity index (χ1v) is 6.71. The topological polar surface area (TPSA) is 27.6 Å². The fourth-order valence-electron chi connectivity index (χ4n) is 1.97. The highest BCUT2D eigenvalue weighted by atomic mass is 32.2. The number of rotatable bonds is 1. The Balaban J connectivity index is 1.88. The van der Waals surface area contributed by atoms with Gasteiger partial charge in [-0.1, -0.05) is 11.8 Å². The second-order valence-corrected chi connectivity index (χ2v) is 6.23. The molecule has 0 saturated carbocycles. The van der Waals surface area contributed by atoms with Crippen LogP contribution in [0.4, 0.5) is 0 Å². The second kappa shape index (κ2) is 4.34. The molecule has 2 saturated heterocycles. The first-order valence-electron chi connectivity index (χ1n) is 5.72. The summed E-state index contributed by atoms with van der Waals surface area (Å²) in [6.07, 6.45) is 2.42. The minimum absolute atomic E-state index is 0.231. The van der Waals surface area contributed by atoms with Crippen molar-refractivity contribution in [3.8, 4) is 0 Å². The first-order chi connectivity index (χ1) is 7.05. The van der Waals surface area contributed by atoms with Gasteiger partial charge in [0.25, 0.3) is 0 Å². The van der Waals surface area contributed by atoms with Gasteiger partial charge in [0.2, 0.25) is 0 Å². The Bertz CT molecular complexity index is 255. The summed E-state index contributed by atoms with van der Waals surface area (Å²) in [6.45, 7) is 6.85. The van der Waals surface area contributed by atoms with E-state index in [2.05, 4.69) is 31.1 Å². The number of hydrogen-bond acceptors (Lipinski definition) is 3. The molecule has 1 N–H and O–H groups in total. The third kappa shape index (κ3) is 3.11. The third-order valence-corrected chi connectivity index (χ3v) is 4.35. The van der Waals surface area contributed by atoms with E-state index in [1.54, 1.807) is 0 Å². The van der Waals surface area contributed by atoms with E-state index in [-0.39, 0.29) is 5.54 Å². The minimum Gasteiger partial charge on any atom is -0.359 e. The van der Waals surface area contributed by atoms with Gasteiger partial charge in [0.15, 0.2) is 5.17 Å². The van der Waals surface area contributed by atoms with Crippen LogP contribution in [0.15, 0.2) is 4.99 Å². The molecule has 0 radical (unpaired) electrons. The van der Waals surface area contributed by atoms with Gasteiger partial charge in [-0.3, -0.25) is 4.99 Å². The lowest BCUT2D eigenvalue weighted by Gasteiger charge is -2.26. The van der Waals surface area contributed by atoms with Crippen molar-refractivity contribution < 1.29 is 0 Å². The van der Waals surface area contributed by atoms with Gasteiger partial charge in [-0.15, -0.1) is 0 Å². The molecule has 0 aliphatic carbocycles. The highest BCUT2D eigenvalue weighted by molar-refractivity contribution is 8.14. The molecule has 0 aromatic carbocycles. The Morgan fingerprint density at radius 1 is 1.40 bits per heavy atom. The molecule has 0 aromatic heterocycles. The molecule has 0 spiro atoms. The minimum atomic E-state index is 0.231. The summed E-state index contributed by atoms with van der Waals surface area (Å²) in [5, 5.41) is 4.65. The van der Waals surface area contributed by atoms with E-state index in [0.717, 1.165) is 10.9 Å². The van der Waals surface area contributed by atoms with Gasteiger partial charge in [-0.2, -0.15) is 0 Å². The summed E-state index contributed by atoms with van der Waals surface area (Å²) < 4.78 is 0. The van der Waals surface area contributed by atoms with Crippen LogP contribution in [-0.4, -0.2) is 47.5 Å². The molecule has 0 amide bonds. The van der Waals surface area contributed by atoms with Crippen molar-refractivity contribution in [1.29, 1.82) is 0 Å². The number of nitrogens with zero attached hydrogens (tertiary/aromatic N) is 2. The summed E-state index contributed by atoms with van der Waals surface area (Å²) in [7, 11) is 2.19. The lowest BCUT2D eigenvalue weighted by Crippen LogP contribution is -2.38. The Morgan fingerprint density at radius 3 is 2.60 bits per heavy atom. The van der Waals surface area contributed by atoms with Crippen LogP contribution in [-0.2, 0) is 0 Å². The average molecular weight is 227 g/mol. The predicted molar refractivity (Wildman–Crippen MR) is 67.6 cm³/mol. The van der Waals surface area contributed by atoms with E-state index in [0.29, 0.717) is 6.04 Å². The maximum Gasteiger partial charge on any atom is 0.157 e. The van der Waals surface area contributed by atoms with Crippen LogP contribution < -0.4 is 5.32 Å². The van der Waals surface area contributed by atoms with Crippen LogP contribution in [0.1, 0.15) is 26.7 Å². The molecule has 0 atom stereocenters. The predicted octanol–water partition coefficient (Wildman–Crippen LogP) is 1.55. The number of hydrogen-bond donors (Lipinski definition) is 1. The first kappa shape index (κ1) is 11.3. The van der Waals surface area contributed by atoms with Crippen LogP contribution in [0, 0.1) is 0 Å². The summed E-state index contributed by atoms with van der Waals surface area (Å²) in [4.78, 5) is 7.19. The second-order valence-electron chi connectivity index (χ2n) is 5.27. The lowest BCUT2D eigenvalue weighted by molar-refractivity contribution is 0.257. The fraction of sp³-hybridized carbons (Fsp3) is 0.909. The van der Waals surface area contributed by atoms with E-state index in [4.69, 9.17) is 4.99 Å². The van der Waals surface area contributed by atoms with Crippen LogP contribution in [0.25, 0.3) is 0 Å². The van der Waals surface area contributed by atoms with Crippen LogP contribution in [0.3, 0.4) is 0 Å². The van der Waals surface area contributed by atoms with Crippen molar-refractivity contribution in [2.24, 2.45) is 4.99 Å². The molecule has 2 heterocycles. The largest absolute Gasteiger partial charge is 0.359 e. The summed E-state index contributed by atoms with van der Waals surface area (Å²) in [6, 6.07) is 0.546. The molecule has 2 fully saturated rings. The molecule has 0 unspecified atom stereocenters. The maximum atomic E-state index is 4.81. The van der Waals surface area contributed by atoms with Gasteiger partial charge in [-0.05, 0) is 46.8 Å². The number of amidine groups is 1. The summed E-state index contributed by atoms with van der Waals surface area (Å²) >= 11 is 1.87. The van der Waals surface area contributed by atoms with E-state index in [9.17, 15) is 0 Å². The number of nitrogens with one attached hydrogen (secondary N) is 1. The Hall–Kier alpha value is -0.220. The molecule has 4 heteroatoms. The standard InChI is InChI=1S/C11H21N3S/c1-11(2)8-15-10(13-11)12-9-4-6-14(3)7-5-9/h9H,4-8H2,1-3H3,(H,12,13). The SMILES string of the molecule is CN1CCC(N=C2NC(C)(C)CS2)CC1. The van der Waals surface area contributed by atoms with E-state index in [1.807, 2.05) is 11.8 Å². The summed E-state index contributed by atoms with van der Waals surface area (Å²) in [5.74, 6) is 1.14. The summed E-state index contributed by atoms with van der Waals surface area (Å²) in [5.41, 5.74) is 0.231. The molecule has 15 heavy (non-hydrogen) atoms. The van der Waals surface area contributed by atoms with Gasteiger partial charge in [0, 0.05) is 11.3 Å². The van der Waals surface area contributed by atoms with E-state index < -0.39 is 0 Å². The fourth-order valence-corrected chi connectivity index (χ4v) is 3.11. The van der Waals surface area contributed by atoms with Gasteiger partial charge < -0.3 is 10.2 Å². The lowest BCUT2D eigenvalue weighted by atomic mass is 10.1. The molecule has 2 aliphatic heterocycles. The number of thioether (sulfide) groups is 1. The quantitative estimate of drug-likeness (QED) is 0.736. The average Bonchev–Trinajstić information content (AvgIpc) is 2.50. The molecular weight excluding hydrogens is 206 g/mol. The van der Waals surface area contributed by atoms with Gasteiger partial charge in [0.1, 0.15) is 0 Å². The molecule has 2 rings (SSSR count). The zero-order chi connectivity index (χ0) is 10.9. The van der Waals surface area contributed by atoms with Crippen LogP contribution in [0.5, 0.6) is 0 Å². The van der Waals surface area contributed by atoms with E-state index in [1.165, 1.54) is 25.9 Å². The van der Waals surface area contributed by atoms with Gasteiger partial charge >= 0.3 is 0 Å². The Kier molecular flexibility index (Phi) is 3.26. The molecule has 3 nitrogen and oxygen atoms in total. The Morgan fingerprint density at radius 2 is 2.07 bits per heavy atom. The molecular formula is C11H21N3S. The molecule has 0 bridgehead atoms. The number of piperidine rings is 1. The van der Waals surface area contributed by atoms with Gasteiger partial charge in [-0.25, -0.2) is 0 Å². The van der Waals surface area contributed by atoms with Crippen molar-refractivity contribution >= 4 is 16.9 Å². The van der Waals surface area contributed by atoms with Crippen molar-refractivity contribution in [3.05, 3.63) is 0 Å². The monoisotopic (exact) mass is 227 g/mol. The van der Waals surface area contributed by atoms with Crippen molar-refractivity contribution in [2.45, 2.75) is 38.3 Å². The Labute approximate surface area is 96.7 Å². The van der Waals surface area contributed by atoms with Crippen molar-refractivity contribution in [2.75, 3.05) is 25.9 Å². The number of aliphatic imine (C=N–C) groups is 1. The van der Waals surface area contributed by atoms with Crippen LogP contribution in [0.2, 0.25) is 0 Å². The normalized spacial score (nSPS) is 30.7. The van der Waals surface area contributed by atoms with Gasteiger partial charge in [0.05, 0.1) is 6.04 Å². The zero-order valence-corrected chi connectivity index (χ0v) is 10.7. The third-order valence-electron chi connectivity index (χ3n) is 3.00. The maximum absolute atomic E-state index is 4.81.